The van der Waals surface area contributed by atoms with Crippen molar-refractivity contribution in [2.45, 2.75) is 52.5 Å². The predicted molar refractivity (Wildman–Crippen MR) is 85.8 cm³/mol. The molecule has 0 heterocycles. The number of nitrogens with one attached hydrogen (secondary N) is 1. The van der Waals surface area contributed by atoms with Gasteiger partial charge in [-0.3, -0.25) is 0 Å². The third kappa shape index (κ3) is 9.85. The van der Waals surface area contributed by atoms with Crippen LogP contribution in [0.3, 0.4) is 0 Å². The molecule has 0 aliphatic heterocycles. The molecule has 0 fully saturated rings. The molecule has 6 heteroatoms. The zero-order valence-corrected chi connectivity index (χ0v) is 14.6. The molecule has 0 aliphatic rings. The number of hydrogen-bond donors (Lipinski definition) is 2. The molecular formula is C14H34N2O3Si. The second-order valence-electron chi connectivity index (χ2n) is 4.68. The molecule has 0 rings (SSSR count). The van der Waals surface area contributed by atoms with Gasteiger partial charge in [0.1, 0.15) is 0 Å². The highest BCUT2D eigenvalue weighted by atomic mass is 28.4. The van der Waals surface area contributed by atoms with E-state index in [-0.39, 0.29) is 0 Å². The van der Waals surface area contributed by atoms with Crippen molar-refractivity contribution in [1.29, 1.82) is 0 Å². The Morgan fingerprint density at radius 1 is 0.800 bits per heavy atom. The first kappa shape index (κ1) is 20.0. The molecule has 0 saturated carbocycles. The van der Waals surface area contributed by atoms with Crippen molar-refractivity contribution in [3.05, 3.63) is 0 Å². The van der Waals surface area contributed by atoms with E-state index >= 15 is 0 Å². The number of nitrogens with two attached hydrogens (primary N) is 1. The SMILES string of the molecule is CCO[Si](CCCNCCCCCN)(OCC)OCC. The number of rotatable bonds is 15. The Morgan fingerprint density at radius 2 is 1.35 bits per heavy atom. The minimum atomic E-state index is -2.43. The maximum absolute atomic E-state index is 5.82. The first-order valence-electron chi connectivity index (χ1n) is 8.07. The standard InChI is InChI=1S/C14H34N2O3Si/c1-4-17-20(18-5-2,19-6-3)14-10-13-16-12-9-7-8-11-15/h16H,4-15H2,1-3H3. The lowest BCUT2D eigenvalue weighted by atomic mass is 10.2. The smallest absolute Gasteiger partial charge is 0.374 e. The van der Waals surface area contributed by atoms with Crippen LogP contribution in [0.2, 0.25) is 6.04 Å². The third-order valence-electron chi connectivity index (χ3n) is 2.99. The summed E-state index contributed by atoms with van der Waals surface area (Å²) in [6, 6.07) is 0.887. The Morgan fingerprint density at radius 3 is 1.85 bits per heavy atom. The zero-order valence-electron chi connectivity index (χ0n) is 13.6. The molecule has 0 aromatic heterocycles. The van der Waals surface area contributed by atoms with Crippen LogP contribution in [-0.4, -0.2) is 48.3 Å². The van der Waals surface area contributed by atoms with Crippen molar-refractivity contribution in [2.24, 2.45) is 5.73 Å². The third-order valence-corrected chi connectivity index (χ3v) is 6.14. The highest BCUT2D eigenvalue weighted by Crippen LogP contribution is 2.17. The summed E-state index contributed by atoms with van der Waals surface area (Å²) in [7, 11) is -2.43. The monoisotopic (exact) mass is 306 g/mol. The van der Waals surface area contributed by atoms with Gasteiger partial charge in [0.15, 0.2) is 0 Å². The van der Waals surface area contributed by atoms with Crippen LogP contribution in [0.5, 0.6) is 0 Å². The lowest BCUT2D eigenvalue weighted by Crippen LogP contribution is -2.46. The normalized spacial score (nSPS) is 12.0. The van der Waals surface area contributed by atoms with Crippen LogP contribution in [0.25, 0.3) is 0 Å². The minimum absolute atomic E-state index is 0.652. The van der Waals surface area contributed by atoms with Crippen LogP contribution < -0.4 is 11.1 Å². The van der Waals surface area contributed by atoms with Gasteiger partial charge in [-0.15, -0.1) is 0 Å². The van der Waals surface area contributed by atoms with Gasteiger partial charge in [-0.25, -0.2) is 0 Å². The van der Waals surface area contributed by atoms with Crippen molar-refractivity contribution in [3.8, 4) is 0 Å². The quantitative estimate of drug-likeness (QED) is 0.358. The maximum atomic E-state index is 5.82. The molecule has 0 bridgehead atoms. The molecule has 0 saturated heterocycles. The van der Waals surface area contributed by atoms with Crippen LogP contribution in [-0.2, 0) is 13.3 Å². The van der Waals surface area contributed by atoms with Gasteiger partial charge >= 0.3 is 8.80 Å². The van der Waals surface area contributed by atoms with Crippen LogP contribution >= 0.6 is 0 Å². The first-order chi connectivity index (χ1) is 9.74. The van der Waals surface area contributed by atoms with Gasteiger partial charge in [-0.2, -0.15) is 0 Å². The molecule has 0 spiro atoms. The van der Waals surface area contributed by atoms with Gasteiger partial charge in [0.2, 0.25) is 0 Å². The molecule has 0 aromatic rings. The molecule has 0 radical (unpaired) electrons. The van der Waals surface area contributed by atoms with E-state index in [9.17, 15) is 0 Å². The molecular weight excluding hydrogens is 272 g/mol. The summed E-state index contributed by atoms with van der Waals surface area (Å²) in [6.07, 6.45) is 4.56. The fourth-order valence-corrected chi connectivity index (χ4v) is 4.74. The largest absolute Gasteiger partial charge is 0.500 e. The Balaban J connectivity index is 3.82. The van der Waals surface area contributed by atoms with Crippen molar-refractivity contribution in [3.63, 3.8) is 0 Å². The van der Waals surface area contributed by atoms with Crippen LogP contribution in [0.15, 0.2) is 0 Å². The summed E-state index contributed by atoms with van der Waals surface area (Å²) < 4.78 is 17.5. The lowest BCUT2D eigenvalue weighted by Gasteiger charge is -2.28. The molecule has 0 aliphatic carbocycles. The van der Waals surface area contributed by atoms with Crippen LogP contribution in [0, 0.1) is 0 Å². The molecule has 5 nitrogen and oxygen atoms in total. The van der Waals surface area contributed by atoms with Crippen molar-refractivity contribution in [1.82, 2.24) is 5.32 Å². The van der Waals surface area contributed by atoms with Crippen LogP contribution in [0.1, 0.15) is 46.5 Å². The van der Waals surface area contributed by atoms with E-state index < -0.39 is 8.80 Å². The highest BCUT2D eigenvalue weighted by molar-refractivity contribution is 6.60. The minimum Gasteiger partial charge on any atom is -0.374 e. The number of unbranched alkanes of at least 4 members (excludes halogenated alkanes) is 2. The Hall–Kier alpha value is 0.0169. The molecule has 122 valence electrons. The molecule has 20 heavy (non-hydrogen) atoms. The van der Waals surface area contributed by atoms with E-state index in [4.69, 9.17) is 19.0 Å². The van der Waals surface area contributed by atoms with Crippen molar-refractivity contribution >= 4 is 8.80 Å². The summed E-state index contributed by atoms with van der Waals surface area (Å²) in [5.41, 5.74) is 5.47. The predicted octanol–water partition coefficient (Wildman–Crippen LogP) is 2.14. The van der Waals surface area contributed by atoms with Gasteiger partial charge in [-0.05, 0) is 59.7 Å². The van der Waals surface area contributed by atoms with Gasteiger partial charge < -0.3 is 24.3 Å². The van der Waals surface area contributed by atoms with Gasteiger partial charge in [-0.1, -0.05) is 6.42 Å². The van der Waals surface area contributed by atoms with E-state index in [1.54, 1.807) is 0 Å². The van der Waals surface area contributed by atoms with Crippen molar-refractivity contribution in [2.75, 3.05) is 39.5 Å². The molecule has 3 N–H and O–H groups in total. The second kappa shape index (κ2) is 14.0. The molecule has 0 unspecified atom stereocenters. The summed E-state index contributed by atoms with van der Waals surface area (Å²) in [5, 5.41) is 3.46. The lowest BCUT2D eigenvalue weighted by molar-refractivity contribution is 0.0708. The second-order valence-corrected chi connectivity index (χ2v) is 7.42. The van der Waals surface area contributed by atoms with E-state index in [0.29, 0.717) is 19.8 Å². The van der Waals surface area contributed by atoms with Gasteiger partial charge in [0.25, 0.3) is 0 Å². The van der Waals surface area contributed by atoms with Gasteiger partial charge in [0, 0.05) is 25.9 Å². The topological polar surface area (TPSA) is 65.7 Å². The highest BCUT2D eigenvalue weighted by Gasteiger charge is 2.39. The summed E-state index contributed by atoms with van der Waals surface area (Å²) >= 11 is 0. The van der Waals surface area contributed by atoms with Gasteiger partial charge in [0.05, 0.1) is 0 Å². The Kier molecular flexibility index (Phi) is 14.0. The fraction of sp³-hybridized carbons (Fsp3) is 1.00. The average Bonchev–Trinajstić information content (AvgIpc) is 2.43. The Labute approximate surface area is 125 Å². The van der Waals surface area contributed by atoms with E-state index in [1.807, 2.05) is 20.8 Å². The maximum Gasteiger partial charge on any atom is 0.500 e. The molecule has 0 aromatic carbocycles. The summed E-state index contributed by atoms with van der Waals surface area (Å²) in [4.78, 5) is 0. The van der Waals surface area contributed by atoms with Crippen molar-refractivity contribution < 1.29 is 13.3 Å². The molecule has 0 atom stereocenters. The molecule has 0 amide bonds. The summed E-state index contributed by atoms with van der Waals surface area (Å²) in [6.45, 7) is 10.8. The Bertz CT molecular complexity index is 192. The van der Waals surface area contributed by atoms with E-state index in [0.717, 1.165) is 38.5 Å². The van der Waals surface area contributed by atoms with E-state index in [1.165, 1.54) is 12.8 Å². The fourth-order valence-electron chi connectivity index (χ4n) is 2.13. The summed E-state index contributed by atoms with van der Waals surface area (Å²) in [5.74, 6) is 0. The van der Waals surface area contributed by atoms with Crippen LogP contribution in [0.4, 0.5) is 0 Å². The number of hydrogen-bond acceptors (Lipinski definition) is 5. The zero-order chi connectivity index (χ0) is 15.1. The van der Waals surface area contributed by atoms with E-state index in [2.05, 4.69) is 5.32 Å². The average molecular weight is 307 g/mol. The first-order valence-corrected chi connectivity index (χ1v) is 10.0.